The van der Waals surface area contributed by atoms with Gasteiger partial charge in [0.25, 0.3) is 0 Å². The molecule has 1 heterocycles. The Kier molecular flexibility index (Phi) is 6.91. The molecule has 0 unspecified atom stereocenters. The first-order valence-electron chi connectivity index (χ1n) is 9.01. The minimum absolute atomic E-state index is 0.319. The number of hydrogen-bond donors (Lipinski definition) is 0. The first-order valence-corrected chi connectivity index (χ1v) is 9.01. The van der Waals surface area contributed by atoms with Gasteiger partial charge in [0.1, 0.15) is 12.4 Å². The molecule has 0 saturated carbocycles. The molecule has 1 aliphatic rings. The summed E-state index contributed by atoms with van der Waals surface area (Å²) < 4.78 is 23.0. The highest BCUT2D eigenvalue weighted by Crippen LogP contribution is 2.36. The molecule has 1 saturated heterocycles. The topological polar surface area (TPSA) is 40.2 Å². The van der Waals surface area contributed by atoms with Crippen molar-refractivity contribution in [3.63, 3.8) is 0 Å². The van der Waals surface area contributed by atoms with E-state index in [4.69, 9.17) is 18.8 Å². The van der Waals surface area contributed by atoms with Crippen LogP contribution >= 0.6 is 0 Å². The van der Waals surface area contributed by atoms with Crippen molar-refractivity contribution in [3.8, 4) is 5.75 Å². The van der Waals surface area contributed by atoms with Crippen LogP contribution in [0, 0.1) is 0 Å². The third-order valence-corrected chi connectivity index (χ3v) is 5.04. The molecule has 0 spiro atoms. The summed E-state index contributed by atoms with van der Waals surface area (Å²) in [5.41, 5.74) is 0.378. The van der Waals surface area contributed by atoms with Gasteiger partial charge in [-0.1, -0.05) is 12.1 Å². The zero-order chi connectivity index (χ0) is 18.5. The number of rotatable bonds is 9. The summed E-state index contributed by atoms with van der Waals surface area (Å²) in [4.78, 5) is 2.25. The lowest BCUT2D eigenvalue weighted by molar-refractivity contribution is 0.00578. The highest BCUT2D eigenvalue weighted by molar-refractivity contribution is 6.62. The molecule has 25 heavy (non-hydrogen) atoms. The lowest BCUT2D eigenvalue weighted by Crippen LogP contribution is -2.41. The molecule has 0 aromatic heterocycles. The van der Waals surface area contributed by atoms with Gasteiger partial charge in [0, 0.05) is 26.8 Å². The average Bonchev–Trinajstić information content (AvgIpc) is 2.76. The van der Waals surface area contributed by atoms with Crippen molar-refractivity contribution >= 4 is 12.6 Å². The molecular formula is C19H32BNO4. The third kappa shape index (κ3) is 5.45. The maximum atomic E-state index is 6.07. The number of hydrogen-bond acceptors (Lipinski definition) is 5. The van der Waals surface area contributed by atoms with Gasteiger partial charge in [0.05, 0.1) is 11.2 Å². The Morgan fingerprint density at radius 2 is 1.56 bits per heavy atom. The predicted molar refractivity (Wildman–Crippen MR) is 102 cm³/mol. The Balaban J connectivity index is 1.79. The summed E-state index contributed by atoms with van der Waals surface area (Å²) in [5.74, 6) is 0.866. The van der Waals surface area contributed by atoms with Crippen LogP contribution in [-0.2, 0) is 14.0 Å². The van der Waals surface area contributed by atoms with Crippen LogP contribution in [0.2, 0.25) is 0 Å². The van der Waals surface area contributed by atoms with Crippen molar-refractivity contribution in [1.82, 2.24) is 4.90 Å². The fraction of sp³-hybridized carbons (Fsp3) is 0.684. The van der Waals surface area contributed by atoms with Crippen LogP contribution in [0.25, 0.3) is 0 Å². The molecule has 1 aromatic carbocycles. The summed E-state index contributed by atoms with van der Waals surface area (Å²) in [6.07, 6.45) is 1.04. The zero-order valence-corrected chi connectivity index (χ0v) is 16.5. The number of benzene rings is 1. The fourth-order valence-corrected chi connectivity index (χ4v) is 2.61. The lowest BCUT2D eigenvalue weighted by atomic mass is 9.79. The maximum Gasteiger partial charge on any atom is 0.494 e. The molecule has 1 aromatic rings. The van der Waals surface area contributed by atoms with Crippen molar-refractivity contribution in [2.75, 3.05) is 40.5 Å². The number of methoxy groups -OCH3 is 1. The Morgan fingerprint density at radius 3 is 2.12 bits per heavy atom. The Labute approximate surface area is 152 Å². The van der Waals surface area contributed by atoms with Gasteiger partial charge in [-0.2, -0.15) is 0 Å². The molecule has 5 nitrogen and oxygen atoms in total. The molecule has 0 amide bonds. The van der Waals surface area contributed by atoms with Gasteiger partial charge in [-0.05, 0) is 58.8 Å². The minimum atomic E-state index is -0.328. The Hall–Kier alpha value is -1.08. The highest BCUT2D eigenvalue weighted by atomic mass is 16.7. The van der Waals surface area contributed by atoms with Crippen LogP contribution in [0.1, 0.15) is 34.1 Å². The Bertz CT molecular complexity index is 517. The van der Waals surface area contributed by atoms with E-state index in [0.717, 1.165) is 37.3 Å². The first kappa shape index (κ1) is 20.2. The molecular weight excluding hydrogens is 317 g/mol. The second kappa shape index (κ2) is 8.54. The molecule has 0 N–H and O–H groups in total. The van der Waals surface area contributed by atoms with E-state index in [-0.39, 0.29) is 18.3 Å². The van der Waals surface area contributed by atoms with Crippen molar-refractivity contribution in [3.05, 3.63) is 24.3 Å². The van der Waals surface area contributed by atoms with Crippen molar-refractivity contribution < 1.29 is 18.8 Å². The van der Waals surface area contributed by atoms with Crippen LogP contribution in [0.5, 0.6) is 5.75 Å². The van der Waals surface area contributed by atoms with Gasteiger partial charge >= 0.3 is 7.12 Å². The average molecular weight is 349 g/mol. The molecule has 140 valence electrons. The van der Waals surface area contributed by atoms with E-state index in [9.17, 15) is 0 Å². The summed E-state index contributed by atoms with van der Waals surface area (Å²) in [6, 6.07) is 7.98. The summed E-state index contributed by atoms with van der Waals surface area (Å²) >= 11 is 0. The van der Waals surface area contributed by atoms with Gasteiger partial charge in [0.15, 0.2) is 0 Å². The van der Waals surface area contributed by atoms with Crippen LogP contribution < -0.4 is 10.2 Å². The van der Waals surface area contributed by atoms with E-state index >= 15 is 0 Å². The SMILES string of the molecule is COCCCN(C)CCOc1ccc(B2OC(C)(C)C(C)(C)O2)cc1. The van der Waals surface area contributed by atoms with Gasteiger partial charge in [-0.3, -0.25) is 0 Å². The molecule has 0 radical (unpaired) electrons. The van der Waals surface area contributed by atoms with Gasteiger partial charge in [-0.25, -0.2) is 0 Å². The van der Waals surface area contributed by atoms with Crippen molar-refractivity contribution in [2.45, 2.75) is 45.3 Å². The van der Waals surface area contributed by atoms with E-state index in [1.165, 1.54) is 0 Å². The second-order valence-electron chi connectivity index (χ2n) is 7.66. The number of ether oxygens (including phenoxy) is 2. The zero-order valence-electron chi connectivity index (χ0n) is 16.5. The maximum absolute atomic E-state index is 6.07. The lowest BCUT2D eigenvalue weighted by Gasteiger charge is -2.32. The standard InChI is InChI=1S/C19H32BNO4/c1-18(2)19(3,4)25-20(24-18)16-8-10-17(11-9-16)23-15-13-21(5)12-7-14-22-6/h8-11H,7,12-15H2,1-6H3. The van der Waals surface area contributed by atoms with Crippen molar-refractivity contribution in [1.29, 1.82) is 0 Å². The summed E-state index contributed by atoms with van der Waals surface area (Å²) in [7, 11) is 3.50. The third-order valence-electron chi connectivity index (χ3n) is 5.04. The summed E-state index contributed by atoms with van der Waals surface area (Å²) in [5, 5.41) is 0. The largest absolute Gasteiger partial charge is 0.494 e. The van der Waals surface area contributed by atoms with Crippen molar-refractivity contribution in [2.24, 2.45) is 0 Å². The predicted octanol–water partition coefficient (Wildman–Crippen LogP) is 2.33. The second-order valence-corrected chi connectivity index (χ2v) is 7.66. The number of likely N-dealkylation sites (N-methyl/N-ethyl adjacent to an activating group) is 1. The van der Waals surface area contributed by atoms with E-state index in [2.05, 4.69) is 39.6 Å². The van der Waals surface area contributed by atoms with Crippen LogP contribution in [-0.4, -0.2) is 63.7 Å². The molecule has 1 fully saturated rings. The molecule has 6 heteroatoms. The normalized spacial score (nSPS) is 18.8. The quantitative estimate of drug-likeness (QED) is 0.506. The van der Waals surface area contributed by atoms with E-state index < -0.39 is 0 Å². The fourth-order valence-electron chi connectivity index (χ4n) is 2.61. The van der Waals surface area contributed by atoms with E-state index in [1.807, 2.05) is 24.3 Å². The van der Waals surface area contributed by atoms with Gasteiger partial charge in [-0.15, -0.1) is 0 Å². The van der Waals surface area contributed by atoms with Crippen LogP contribution in [0.3, 0.4) is 0 Å². The molecule has 0 aliphatic carbocycles. The molecule has 1 aliphatic heterocycles. The smallest absolute Gasteiger partial charge is 0.492 e. The monoisotopic (exact) mass is 349 g/mol. The Morgan fingerprint density at radius 1 is 0.960 bits per heavy atom. The highest BCUT2D eigenvalue weighted by Gasteiger charge is 2.51. The van der Waals surface area contributed by atoms with Crippen LogP contribution in [0.4, 0.5) is 0 Å². The minimum Gasteiger partial charge on any atom is -0.492 e. The van der Waals surface area contributed by atoms with Crippen LogP contribution in [0.15, 0.2) is 24.3 Å². The summed E-state index contributed by atoms with van der Waals surface area (Å²) in [6.45, 7) is 11.6. The first-order chi connectivity index (χ1) is 11.7. The van der Waals surface area contributed by atoms with Gasteiger partial charge < -0.3 is 23.7 Å². The molecule has 2 rings (SSSR count). The number of nitrogens with zero attached hydrogens (tertiary/aromatic N) is 1. The van der Waals surface area contributed by atoms with Gasteiger partial charge in [0.2, 0.25) is 0 Å². The van der Waals surface area contributed by atoms with E-state index in [1.54, 1.807) is 7.11 Å². The molecule has 0 atom stereocenters. The van der Waals surface area contributed by atoms with E-state index in [0.29, 0.717) is 6.61 Å². The molecule has 0 bridgehead atoms.